The minimum atomic E-state index is 0.792. The summed E-state index contributed by atoms with van der Waals surface area (Å²) in [6.07, 6.45) is 1.05. The summed E-state index contributed by atoms with van der Waals surface area (Å²) < 4.78 is 0. The SMILES string of the molecule is CN=C(NCc1ccccc1CN(C)C)N(C)CCc1cccs1. The highest BCUT2D eigenvalue weighted by atomic mass is 32.1. The number of hydrogen-bond acceptors (Lipinski definition) is 3. The molecule has 0 bridgehead atoms. The van der Waals surface area contributed by atoms with E-state index in [1.807, 2.05) is 18.4 Å². The summed E-state index contributed by atoms with van der Waals surface area (Å²) in [4.78, 5) is 10.2. The topological polar surface area (TPSA) is 30.9 Å². The summed E-state index contributed by atoms with van der Waals surface area (Å²) in [5, 5.41) is 5.62. The minimum absolute atomic E-state index is 0.792. The van der Waals surface area contributed by atoms with Crippen molar-refractivity contribution in [1.82, 2.24) is 15.1 Å². The largest absolute Gasteiger partial charge is 0.352 e. The highest BCUT2D eigenvalue weighted by Gasteiger charge is 2.08. The first kappa shape index (κ1) is 18.5. The van der Waals surface area contributed by atoms with Gasteiger partial charge in [0.05, 0.1) is 0 Å². The molecule has 1 N–H and O–H groups in total. The van der Waals surface area contributed by atoms with Crippen LogP contribution in [0.2, 0.25) is 0 Å². The molecule has 24 heavy (non-hydrogen) atoms. The number of benzene rings is 1. The van der Waals surface area contributed by atoms with Gasteiger partial charge < -0.3 is 15.1 Å². The van der Waals surface area contributed by atoms with Gasteiger partial charge in [-0.15, -0.1) is 11.3 Å². The van der Waals surface area contributed by atoms with Gasteiger partial charge in [-0.3, -0.25) is 4.99 Å². The first-order valence-corrected chi connectivity index (χ1v) is 9.13. The van der Waals surface area contributed by atoms with Gasteiger partial charge in [0, 0.05) is 38.6 Å². The molecule has 1 heterocycles. The van der Waals surface area contributed by atoms with Gasteiger partial charge in [0.2, 0.25) is 0 Å². The molecule has 0 radical (unpaired) electrons. The van der Waals surface area contributed by atoms with E-state index < -0.39 is 0 Å². The first-order valence-electron chi connectivity index (χ1n) is 8.26. The Morgan fingerprint density at radius 3 is 2.46 bits per heavy atom. The number of nitrogens with one attached hydrogen (secondary N) is 1. The molecular formula is C19H28N4S. The van der Waals surface area contributed by atoms with Crippen molar-refractivity contribution < 1.29 is 0 Å². The molecule has 130 valence electrons. The predicted molar refractivity (Wildman–Crippen MR) is 105 cm³/mol. The van der Waals surface area contributed by atoms with E-state index in [2.05, 4.69) is 83.0 Å². The predicted octanol–water partition coefficient (Wildman–Crippen LogP) is 3.06. The summed E-state index contributed by atoms with van der Waals surface area (Å²) in [7, 11) is 8.13. The quantitative estimate of drug-likeness (QED) is 0.619. The molecule has 2 aromatic rings. The number of thiophene rings is 1. The maximum Gasteiger partial charge on any atom is 0.193 e. The van der Waals surface area contributed by atoms with Crippen LogP contribution in [0.1, 0.15) is 16.0 Å². The zero-order valence-electron chi connectivity index (χ0n) is 15.1. The lowest BCUT2D eigenvalue weighted by Crippen LogP contribution is -2.39. The van der Waals surface area contributed by atoms with Crippen LogP contribution < -0.4 is 5.32 Å². The molecular weight excluding hydrogens is 316 g/mol. The van der Waals surface area contributed by atoms with E-state index in [0.29, 0.717) is 0 Å². The summed E-state index contributed by atoms with van der Waals surface area (Å²) in [5.74, 6) is 0.936. The molecule has 1 aromatic carbocycles. The van der Waals surface area contributed by atoms with E-state index in [1.165, 1.54) is 16.0 Å². The fraction of sp³-hybridized carbons (Fsp3) is 0.421. The fourth-order valence-electron chi connectivity index (χ4n) is 2.62. The molecule has 0 aliphatic heterocycles. The Hall–Kier alpha value is -1.85. The van der Waals surface area contributed by atoms with Crippen LogP contribution in [0.5, 0.6) is 0 Å². The van der Waals surface area contributed by atoms with Gasteiger partial charge in [-0.2, -0.15) is 0 Å². The Labute approximate surface area is 149 Å². The number of nitrogens with zero attached hydrogens (tertiary/aromatic N) is 3. The second kappa shape index (κ2) is 9.45. The van der Waals surface area contributed by atoms with Gasteiger partial charge in [0.25, 0.3) is 0 Å². The van der Waals surface area contributed by atoms with E-state index >= 15 is 0 Å². The molecule has 0 saturated carbocycles. The van der Waals surface area contributed by atoms with E-state index in [9.17, 15) is 0 Å². The molecule has 0 aliphatic carbocycles. The third-order valence-corrected chi connectivity index (χ3v) is 4.83. The van der Waals surface area contributed by atoms with Crippen LogP contribution in [0.25, 0.3) is 0 Å². The first-order chi connectivity index (χ1) is 11.6. The monoisotopic (exact) mass is 344 g/mol. The van der Waals surface area contributed by atoms with Gasteiger partial charge in [-0.05, 0) is 43.1 Å². The normalized spacial score (nSPS) is 11.8. The third kappa shape index (κ3) is 5.65. The lowest BCUT2D eigenvalue weighted by Gasteiger charge is -2.23. The molecule has 0 amide bonds. The summed E-state index contributed by atoms with van der Waals surface area (Å²) in [6.45, 7) is 2.70. The van der Waals surface area contributed by atoms with E-state index in [-0.39, 0.29) is 0 Å². The van der Waals surface area contributed by atoms with Crippen molar-refractivity contribution in [2.45, 2.75) is 19.5 Å². The van der Waals surface area contributed by atoms with Crippen LogP contribution in [-0.2, 0) is 19.5 Å². The molecule has 0 spiro atoms. The molecule has 1 aromatic heterocycles. The average molecular weight is 345 g/mol. The fourth-order valence-corrected chi connectivity index (χ4v) is 3.32. The smallest absolute Gasteiger partial charge is 0.193 e. The Morgan fingerprint density at radius 1 is 1.08 bits per heavy atom. The minimum Gasteiger partial charge on any atom is -0.352 e. The van der Waals surface area contributed by atoms with Crippen molar-refractivity contribution >= 4 is 17.3 Å². The van der Waals surface area contributed by atoms with Gasteiger partial charge in [0.15, 0.2) is 5.96 Å². The van der Waals surface area contributed by atoms with Gasteiger partial charge in [0.1, 0.15) is 0 Å². The van der Waals surface area contributed by atoms with Crippen LogP contribution in [0.3, 0.4) is 0 Å². The number of guanidine groups is 1. The van der Waals surface area contributed by atoms with Crippen LogP contribution in [-0.4, -0.2) is 50.5 Å². The Balaban J connectivity index is 1.91. The van der Waals surface area contributed by atoms with Crippen LogP contribution >= 0.6 is 11.3 Å². The molecule has 4 nitrogen and oxygen atoms in total. The van der Waals surface area contributed by atoms with Crippen molar-refractivity contribution in [1.29, 1.82) is 0 Å². The van der Waals surface area contributed by atoms with Crippen LogP contribution in [0.15, 0.2) is 46.8 Å². The van der Waals surface area contributed by atoms with Crippen molar-refractivity contribution in [3.63, 3.8) is 0 Å². The molecule has 0 aliphatic rings. The number of aliphatic imine (C=N–C) groups is 1. The lowest BCUT2D eigenvalue weighted by molar-refractivity contribution is 0.400. The second-order valence-electron chi connectivity index (χ2n) is 6.16. The molecule has 0 fully saturated rings. The van der Waals surface area contributed by atoms with E-state index in [4.69, 9.17) is 0 Å². The zero-order valence-corrected chi connectivity index (χ0v) is 15.9. The van der Waals surface area contributed by atoms with Crippen molar-refractivity contribution in [3.8, 4) is 0 Å². The molecule has 0 unspecified atom stereocenters. The third-order valence-electron chi connectivity index (χ3n) is 3.89. The molecule has 0 atom stereocenters. The van der Waals surface area contributed by atoms with Crippen molar-refractivity contribution in [2.75, 3.05) is 34.7 Å². The number of likely N-dealkylation sites (N-methyl/N-ethyl adjacent to an activating group) is 1. The highest BCUT2D eigenvalue weighted by molar-refractivity contribution is 7.09. The summed E-state index contributed by atoms with van der Waals surface area (Å²) >= 11 is 1.81. The lowest BCUT2D eigenvalue weighted by atomic mass is 10.1. The van der Waals surface area contributed by atoms with Gasteiger partial charge in [-0.25, -0.2) is 0 Å². The van der Waals surface area contributed by atoms with E-state index in [1.54, 1.807) is 0 Å². The second-order valence-corrected chi connectivity index (χ2v) is 7.19. The van der Waals surface area contributed by atoms with Gasteiger partial charge >= 0.3 is 0 Å². The zero-order chi connectivity index (χ0) is 17.4. The summed E-state index contributed by atoms with van der Waals surface area (Å²) in [6, 6.07) is 12.9. The Bertz CT molecular complexity index is 635. The number of rotatable bonds is 7. The standard InChI is InChI=1S/C19H28N4S/c1-20-19(23(4)12-11-18-10-7-13-24-18)21-14-16-8-5-6-9-17(16)15-22(2)3/h5-10,13H,11-12,14-15H2,1-4H3,(H,20,21). The maximum absolute atomic E-state index is 4.42. The molecule has 5 heteroatoms. The Morgan fingerprint density at radius 2 is 1.83 bits per heavy atom. The van der Waals surface area contributed by atoms with Gasteiger partial charge in [-0.1, -0.05) is 30.3 Å². The van der Waals surface area contributed by atoms with Crippen molar-refractivity contribution in [3.05, 3.63) is 57.8 Å². The highest BCUT2D eigenvalue weighted by Crippen LogP contribution is 2.11. The average Bonchev–Trinajstić information content (AvgIpc) is 3.08. The van der Waals surface area contributed by atoms with Crippen molar-refractivity contribution in [2.24, 2.45) is 4.99 Å². The maximum atomic E-state index is 4.42. The van der Waals surface area contributed by atoms with E-state index in [0.717, 1.165) is 32.0 Å². The number of hydrogen-bond donors (Lipinski definition) is 1. The van der Waals surface area contributed by atoms with Crippen LogP contribution in [0.4, 0.5) is 0 Å². The Kier molecular flexibility index (Phi) is 7.28. The molecule has 2 rings (SSSR count). The van der Waals surface area contributed by atoms with Crippen LogP contribution in [0, 0.1) is 0 Å². The summed E-state index contributed by atoms with van der Waals surface area (Å²) in [5.41, 5.74) is 2.67. The molecule has 0 saturated heterocycles.